The number of aromatic nitrogens is 3. The van der Waals surface area contributed by atoms with Crippen molar-refractivity contribution in [3.05, 3.63) is 40.8 Å². The number of piperidine rings is 1. The standard InChI is InChI=1S/C25H32ClN5O3/c1-15-21(16-12-18(26)17-6-9-27-19(17)13-16)29-20(14-32)22(28-15)31-10-7-25(5,8-11-31)30-23(33)34-24(2,3)4/h6,9,12-13,27,32H,7-8,10-11,14H2,1-5H3,(H,30,33). The molecule has 0 spiro atoms. The maximum Gasteiger partial charge on any atom is 0.408 e. The summed E-state index contributed by atoms with van der Waals surface area (Å²) in [6.45, 7) is 10.6. The molecule has 0 aliphatic carbocycles. The molecule has 1 fully saturated rings. The van der Waals surface area contributed by atoms with Crippen LogP contribution in [0, 0.1) is 6.92 Å². The molecule has 3 aromatic rings. The van der Waals surface area contributed by atoms with Gasteiger partial charge in [0.15, 0.2) is 5.82 Å². The molecule has 4 rings (SSSR count). The quantitative estimate of drug-likeness (QED) is 0.482. The molecule has 0 saturated carbocycles. The first-order valence-electron chi connectivity index (χ1n) is 11.5. The number of alkyl carbamates (subject to hydrolysis) is 1. The van der Waals surface area contributed by atoms with Gasteiger partial charge in [-0.05, 0) is 65.7 Å². The molecule has 8 nitrogen and oxygen atoms in total. The number of ether oxygens (including phenoxy) is 1. The van der Waals surface area contributed by atoms with Gasteiger partial charge < -0.3 is 25.0 Å². The highest BCUT2D eigenvalue weighted by molar-refractivity contribution is 6.35. The minimum absolute atomic E-state index is 0.224. The summed E-state index contributed by atoms with van der Waals surface area (Å²) in [5, 5.41) is 14.7. The molecular weight excluding hydrogens is 454 g/mol. The number of nitrogens with zero attached hydrogens (tertiary/aromatic N) is 3. The Hall–Kier alpha value is -2.84. The lowest BCUT2D eigenvalue weighted by Gasteiger charge is -2.41. The summed E-state index contributed by atoms with van der Waals surface area (Å²) in [6, 6.07) is 5.81. The van der Waals surface area contributed by atoms with Crippen LogP contribution in [-0.2, 0) is 11.3 Å². The van der Waals surface area contributed by atoms with Crippen molar-refractivity contribution in [3.63, 3.8) is 0 Å². The van der Waals surface area contributed by atoms with Crippen molar-refractivity contribution in [2.75, 3.05) is 18.0 Å². The van der Waals surface area contributed by atoms with E-state index in [2.05, 4.69) is 15.2 Å². The number of rotatable bonds is 4. The number of anilines is 1. The molecule has 182 valence electrons. The molecular formula is C25H32ClN5O3. The average Bonchev–Trinajstić information content (AvgIpc) is 3.22. The normalized spacial score (nSPS) is 16.0. The van der Waals surface area contributed by atoms with Crippen molar-refractivity contribution >= 4 is 34.4 Å². The maximum atomic E-state index is 12.3. The number of benzene rings is 1. The van der Waals surface area contributed by atoms with Crippen molar-refractivity contribution in [1.29, 1.82) is 0 Å². The third kappa shape index (κ3) is 5.13. The van der Waals surface area contributed by atoms with E-state index in [9.17, 15) is 9.90 Å². The summed E-state index contributed by atoms with van der Waals surface area (Å²) < 4.78 is 5.42. The Kier molecular flexibility index (Phi) is 6.48. The van der Waals surface area contributed by atoms with Crippen LogP contribution in [0.1, 0.15) is 51.9 Å². The number of aliphatic hydroxyl groups is 1. The van der Waals surface area contributed by atoms with Crippen LogP contribution in [0.3, 0.4) is 0 Å². The van der Waals surface area contributed by atoms with Crippen LogP contribution < -0.4 is 10.2 Å². The Bertz CT molecular complexity index is 1210. The Balaban J connectivity index is 1.54. The number of hydrogen-bond acceptors (Lipinski definition) is 6. The third-order valence-corrected chi connectivity index (χ3v) is 6.44. The summed E-state index contributed by atoms with van der Waals surface area (Å²) in [7, 11) is 0. The fraction of sp³-hybridized carbons (Fsp3) is 0.480. The Morgan fingerprint density at radius 2 is 2.00 bits per heavy atom. The zero-order valence-corrected chi connectivity index (χ0v) is 21.1. The monoisotopic (exact) mass is 485 g/mol. The van der Waals surface area contributed by atoms with E-state index in [1.165, 1.54) is 0 Å². The lowest BCUT2D eigenvalue weighted by molar-refractivity contribution is 0.0448. The van der Waals surface area contributed by atoms with E-state index in [0.29, 0.717) is 35.3 Å². The highest BCUT2D eigenvalue weighted by atomic mass is 35.5. The number of H-pyrrole nitrogens is 1. The van der Waals surface area contributed by atoms with Gasteiger partial charge >= 0.3 is 6.09 Å². The Morgan fingerprint density at radius 1 is 1.29 bits per heavy atom. The van der Waals surface area contributed by atoms with Gasteiger partial charge in [-0.2, -0.15) is 0 Å². The first kappa shape index (κ1) is 24.3. The molecule has 1 amide bonds. The number of aliphatic hydroxyl groups excluding tert-OH is 1. The molecule has 34 heavy (non-hydrogen) atoms. The van der Waals surface area contributed by atoms with Crippen LogP contribution in [0.2, 0.25) is 5.02 Å². The largest absolute Gasteiger partial charge is 0.444 e. The van der Waals surface area contributed by atoms with E-state index in [0.717, 1.165) is 35.0 Å². The van der Waals surface area contributed by atoms with Gasteiger partial charge in [0, 0.05) is 41.3 Å². The Morgan fingerprint density at radius 3 is 2.65 bits per heavy atom. The number of carbonyl (C=O) groups is 1. The van der Waals surface area contributed by atoms with Gasteiger partial charge in [-0.25, -0.2) is 14.8 Å². The molecule has 9 heteroatoms. The van der Waals surface area contributed by atoms with Gasteiger partial charge in [0.05, 0.1) is 23.0 Å². The first-order chi connectivity index (χ1) is 16.0. The zero-order valence-electron chi connectivity index (χ0n) is 20.3. The second-order valence-corrected chi connectivity index (χ2v) is 10.6. The average molecular weight is 486 g/mol. The van der Waals surface area contributed by atoms with Crippen molar-refractivity contribution in [2.24, 2.45) is 0 Å². The highest BCUT2D eigenvalue weighted by Crippen LogP contribution is 2.33. The van der Waals surface area contributed by atoms with Gasteiger partial charge in [-0.1, -0.05) is 11.6 Å². The van der Waals surface area contributed by atoms with E-state index in [1.54, 1.807) is 0 Å². The summed E-state index contributed by atoms with van der Waals surface area (Å²) in [4.78, 5) is 27.2. The number of halogens is 1. The summed E-state index contributed by atoms with van der Waals surface area (Å²) in [5.74, 6) is 0.676. The number of carbonyl (C=O) groups excluding carboxylic acids is 1. The molecule has 0 unspecified atom stereocenters. The SMILES string of the molecule is Cc1nc(N2CCC(C)(NC(=O)OC(C)(C)C)CC2)c(CO)nc1-c1cc(Cl)c2cc[nH]c2c1. The fourth-order valence-electron chi connectivity index (χ4n) is 4.32. The first-order valence-corrected chi connectivity index (χ1v) is 11.9. The molecule has 1 aliphatic rings. The van der Waals surface area contributed by atoms with E-state index < -0.39 is 11.7 Å². The van der Waals surface area contributed by atoms with Crippen molar-refractivity contribution in [2.45, 2.75) is 65.2 Å². The van der Waals surface area contributed by atoms with E-state index in [4.69, 9.17) is 26.3 Å². The smallest absolute Gasteiger partial charge is 0.408 e. The number of nitrogens with one attached hydrogen (secondary N) is 2. The third-order valence-electron chi connectivity index (χ3n) is 6.13. The number of amides is 1. The molecule has 3 heterocycles. The minimum Gasteiger partial charge on any atom is -0.444 e. The van der Waals surface area contributed by atoms with Crippen LogP contribution >= 0.6 is 11.6 Å². The molecule has 1 aliphatic heterocycles. The van der Waals surface area contributed by atoms with Crippen LogP contribution in [-0.4, -0.2) is 50.4 Å². The van der Waals surface area contributed by atoms with Crippen molar-refractivity contribution in [1.82, 2.24) is 20.3 Å². The zero-order chi connectivity index (χ0) is 24.7. The van der Waals surface area contributed by atoms with E-state index in [1.807, 2.05) is 59.0 Å². The summed E-state index contributed by atoms with van der Waals surface area (Å²) >= 11 is 6.47. The molecule has 1 aromatic carbocycles. The topological polar surface area (TPSA) is 103 Å². The van der Waals surface area contributed by atoms with Crippen LogP contribution in [0.15, 0.2) is 24.4 Å². The van der Waals surface area contributed by atoms with Crippen LogP contribution in [0.4, 0.5) is 10.6 Å². The van der Waals surface area contributed by atoms with Gasteiger partial charge in [-0.15, -0.1) is 0 Å². The molecule has 0 atom stereocenters. The van der Waals surface area contributed by atoms with E-state index >= 15 is 0 Å². The van der Waals surface area contributed by atoms with Crippen molar-refractivity contribution in [3.8, 4) is 11.3 Å². The van der Waals surface area contributed by atoms with Crippen molar-refractivity contribution < 1.29 is 14.6 Å². The predicted molar refractivity (Wildman–Crippen MR) is 134 cm³/mol. The number of fused-ring (bicyclic) bond motifs is 1. The predicted octanol–water partition coefficient (Wildman–Crippen LogP) is 4.96. The number of aromatic amines is 1. The molecule has 0 bridgehead atoms. The van der Waals surface area contributed by atoms with Gasteiger partial charge in [-0.3, -0.25) is 0 Å². The second-order valence-electron chi connectivity index (χ2n) is 10.2. The van der Waals surface area contributed by atoms with Crippen LogP contribution in [0.5, 0.6) is 0 Å². The molecule has 0 radical (unpaired) electrons. The van der Waals surface area contributed by atoms with Gasteiger partial charge in [0.25, 0.3) is 0 Å². The minimum atomic E-state index is -0.540. The molecule has 2 aromatic heterocycles. The fourth-order valence-corrected chi connectivity index (χ4v) is 4.60. The van der Waals surface area contributed by atoms with E-state index in [-0.39, 0.29) is 12.1 Å². The summed E-state index contributed by atoms with van der Waals surface area (Å²) in [5.41, 5.74) is 2.83. The number of hydrogen-bond donors (Lipinski definition) is 3. The second kappa shape index (κ2) is 9.07. The Labute approximate surface area is 204 Å². The van der Waals surface area contributed by atoms with Crippen LogP contribution in [0.25, 0.3) is 22.2 Å². The van der Waals surface area contributed by atoms with Gasteiger partial charge in [0.2, 0.25) is 0 Å². The lowest BCUT2D eigenvalue weighted by atomic mass is 9.89. The maximum absolute atomic E-state index is 12.3. The summed E-state index contributed by atoms with van der Waals surface area (Å²) in [6.07, 6.45) is 2.89. The highest BCUT2D eigenvalue weighted by Gasteiger charge is 2.34. The molecule has 1 saturated heterocycles. The molecule has 3 N–H and O–H groups in total. The number of aryl methyl sites for hydroxylation is 1. The lowest BCUT2D eigenvalue weighted by Crippen LogP contribution is -2.54. The van der Waals surface area contributed by atoms with Gasteiger partial charge in [0.1, 0.15) is 11.3 Å².